The van der Waals surface area contributed by atoms with E-state index in [1.165, 1.54) is 5.56 Å². The monoisotopic (exact) mass is 314 g/mol. The molecular weight excluding hydrogens is 288 g/mol. The van der Waals surface area contributed by atoms with Crippen molar-refractivity contribution in [3.63, 3.8) is 0 Å². The second-order valence-electron chi connectivity index (χ2n) is 5.61. The minimum absolute atomic E-state index is 0. The summed E-state index contributed by atoms with van der Waals surface area (Å²) in [4.78, 5) is 11.8. The lowest BCUT2D eigenvalue weighted by molar-refractivity contribution is -0.127. The first-order valence-electron chi connectivity index (χ1n) is 7.10. The topological polar surface area (TPSA) is 64.3 Å². The molecule has 1 amide bonds. The average molecular weight is 315 g/mol. The molecule has 0 fully saturated rings. The minimum atomic E-state index is -0.375. The number of carbonyl (C=O) groups is 1. The number of carbonyl (C=O) groups excluding carboxylic acids is 1. The molecule has 0 aliphatic rings. The van der Waals surface area contributed by atoms with E-state index in [4.69, 9.17) is 10.5 Å². The van der Waals surface area contributed by atoms with Gasteiger partial charge in [-0.2, -0.15) is 0 Å². The summed E-state index contributed by atoms with van der Waals surface area (Å²) in [5, 5.41) is 2.95. The fourth-order valence-electron chi connectivity index (χ4n) is 1.79. The minimum Gasteiger partial charge on any atom is -0.371 e. The van der Waals surface area contributed by atoms with Crippen LogP contribution in [-0.2, 0) is 16.0 Å². The number of amides is 1. The van der Waals surface area contributed by atoms with E-state index < -0.39 is 0 Å². The highest BCUT2D eigenvalue weighted by atomic mass is 35.5. The molecule has 1 atom stereocenters. The number of benzene rings is 1. The molecular formula is C16H27ClN2O2. The van der Waals surface area contributed by atoms with Gasteiger partial charge in [0.1, 0.15) is 6.61 Å². The van der Waals surface area contributed by atoms with Crippen LogP contribution in [0.4, 0.5) is 0 Å². The van der Waals surface area contributed by atoms with Crippen LogP contribution in [0.5, 0.6) is 0 Å². The van der Waals surface area contributed by atoms with Gasteiger partial charge in [0.15, 0.2) is 0 Å². The Morgan fingerprint density at radius 3 is 2.48 bits per heavy atom. The Labute approximate surface area is 133 Å². The smallest absolute Gasteiger partial charge is 0.246 e. The van der Waals surface area contributed by atoms with Crippen LogP contribution >= 0.6 is 12.4 Å². The van der Waals surface area contributed by atoms with Crippen LogP contribution in [0.15, 0.2) is 30.3 Å². The Morgan fingerprint density at radius 1 is 1.33 bits per heavy atom. The average Bonchev–Trinajstić information content (AvgIpc) is 2.44. The fourth-order valence-corrected chi connectivity index (χ4v) is 1.79. The van der Waals surface area contributed by atoms with E-state index in [9.17, 15) is 4.79 Å². The molecule has 3 N–H and O–H groups in total. The first-order valence-corrected chi connectivity index (χ1v) is 7.10. The Hall–Kier alpha value is -1.10. The van der Waals surface area contributed by atoms with E-state index in [0.717, 1.165) is 6.42 Å². The molecule has 4 nitrogen and oxygen atoms in total. The first-order chi connectivity index (χ1) is 9.48. The van der Waals surface area contributed by atoms with Gasteiger partial charge in [0.2, 0.25) is 5.91 Å². The van der Waals surface area contributed by atoms with Gasteiger partial charge in [-0.3, -0.25) is 4.79 Å². The van der Waals surface area contributed by atoms with Crippen molar-refractivity contribution in [2.45, 2.75) is 32.7 Å². The van der Waals surface area contributed by atoms with Crippen LogP contribution in [0.25, 0.3) is 0 Å². The van der Waals surface area contributed by atoms with Gasteiger partial charge < -0.3 is 15.8 Å². The predicted octanol–water partition coefficient (Wildman–Crippen LogP) is 2.16. The van der Waals surface area contributed by atoms with E-state index in [2.05, 4.69) is 5.32 Å². The molecule has 120 valence electrons. The van der Waals surface area contributed by atoms with Gasteiger partial charge in [0.05, 0.1) is 12.1 Å². The van der Waals surface area contributed by atoms with Crippen LogP contribution in [0.2, 0.25) is 0 Å². The molecule has 0 bridgehead atoms. The number of ether oxygens (including phenoxy) is 1. The molecule has 0 saturated heterocycles. The standard InChI is InChI=1S/C16H26N2O2.ClH/c1-13(2)16(3,12-17)18-15(19)11-20-10-9-14-7-5-4-6-8-14;/h4-8,13H,9-12,17H2,1-3H3,(H,18,19);1H. The summed E-state index contributed by atoms with van der Waals surface area (Å²) < 4.78 is 5.42. The zero-order valence-electron chi connectivity index (χ0n) is 13.1. The van der Waals surface area contributed by atoms with Crippen molar-refractivity contribution in [3.05, 3.63) is 35.9 Å². The number of nitrogens with one attached hydrogen (secondary N) is 1. The molecule has 0 aliphatic heterocycles. The lowest BCUT2D eigenvalue weighted by Crippen LogP contribution is -2.55. The normalized spacial score (nSPS) is 13.4. The van der Waals surface area contributed by atoms with E-state index in [0.29, 0.717) is 13.2 Å². The second-order valence-corrected chi connectivity index (χ2v) is 5.61. The number of rotatable bonds is 8. The summed E-state index contributed by atoms with van der Waals surface area (Å²) in [6.07, 6.45) is 0.812. The van der Waals surface area contributed by atoms with Gasteiger partial charge in [0.25, 0.3) is 0 Å². The van der Waals surface area contributed by atoms with Gasteiger partial charge in [-0.15, -0.1) is 12.4 Å². The molecule has 0 aromatic heterocycles. The summed E-state index contributed by atoms with van der Waals surface area (Å²) >= 11 is 0. The van der Waals surface area contributed by atoms with Crippen molar-refractivity contribution in [3.8, 4) is 0 Å². The molecule has 1 rings (SSSR count). The molecule has 0 aliphatic carbocycles. The third-order valence-corrected chi connectivity index (χ3v) is 3.73. The Bertz CT molecular complexity index is 412. The Morgan fingerprint density at radius 2 is 1.95 bits per heavy atom. The largest absolute Gasteiger partial charge is 0.371 e. The molecule has 1 unspecified atom stereocenters. The summed E-state index contributed by atoms with van der Waals surface area (Å²) in [5.74, 6) is 0.167. The van der Waals surface area contributed by atoms with Crippen molar-refractivity contribution >= 4 is 18.3 Å². The zero-order chi connectivity index (χ0) is 15.0. The molecule has 0 radical (unpaired) electrons. The maximum Gasteiger partial charge on any atom is 0.246 e. The SMILES string of the molecule is CC(C)C(C)(CN)NC(=O)COCCc1ccccc1.Cl. The molecule has 1 aromatic rings. The van der Waals surface area contributed by atoms with Crippen molar-refractivity contribution in [1.82, 2.24) is 5.32 Å². The highest BCUT2D eigenvalue weighted by Gasteiger charge is 2.28. The van der Waals surface area contributed by atoms with Crippen molar-refractivity contribution in [2.24, 2.45) is 11.7 Å². The third-order valence-electron chi connectivity index (χ3n) is 3.73. The van der Waals surface area contributed by atoms with E-state index in [1.807, 2.05) is 51.1 Å². The van der Waals surface area contributed by atoms with E-state index in [1.54, 1.807) is 0 Å². The van der Waals surface area contributed by atoms with Crippen LogP contribution in [-0.4, -0.2) is 31.2 Å². The van der Waals surface area contributed by atoms with Crippen LogP contribution in [0, 0.1) is 5.92 Å². The highest BCUT2D eigenvalue weighted by molar-refractivity contribution is 5.85. The number of nitrogens with two attached hydrogens (primary N) is 1. The quantitative estimate of drug-likeness (QED) is 0.723. The molecule has 0 heterocycles. The Kier molecular flexibility index (Phi) is 9.26. The lowest BCUT2D eigenvalue weighted by atomic mass is 9.88. The summed E-state index contributed by atoms with van der Waals surface area (Å²) in [5.41, 5.74) is 6.57. The van der Waals surface area contributed by atoms with Crippen molar-refractivity contribution in [1.29, 1.82) is 0 Å². The number of hydrogen-bond donors (Lipinski definition) is 2. The zero-order valence-corrected chi connectivity index (χ0v) is 13.9. The summed E-state index contributed by atoms with van der Waals surface area (Å²) in [6, 6.07) is 10.1. The van der Waals surface area contributed by atoms with Gasteiger partial charge in [0, 0.05) is 6.54 Å². The lowest BCUT2D eigenvalue weighted by Gasteiger charge is -2.33. The predicted molar refractivity (Wildman–Crippen MR) is 88.7 cm³/mol. The molecule has 21 heavy (non-hydrogen) atoms. The summed E-state index contributed by atoms with van der Waals surface area (Å²) in [6.45, 7) is 7.08. The third kappa shape index (κ3) is 6.93. The Balaban J connectivity index is 0.00000400. The van der Waals surface area contributed by atoms with Crippen LogP contribution in [0.1, 0.15) is 26.3 Å². The fraction of sp³-hybridized carbons (Fsp3) is 0.562. The maximum atomic E-state index is 11.8. The molecule has 0 spiro atoms. The van der Waals surface area contributed by atoms with Crippen LogP contribution in [0.3, 0.4) is 0 Å². The maximum absolute atomic E-state index is 11.8. The van der Waals surface area contributed by atoms with Crippen LogP contribution < -0.4 is 11.1 Å². The van der Waals surface area contributed by atoms with Crippen molar-refractivity contribution in [2.75, 3.05) is 19.8 Å². The van der Waals surface area contributed by atoms with Gasteiger partial charge >= 0.3 is 0 Å². The van der Waals surface area contributed by atoms with Gasteiger partial charge in [-0.05, 0) is 24.8 Å². The van der Waals surface area contributed by atoms with E-state index in [-0.39, 0.29) is 36.4 Å². The van der Waals surface area contributed by atoms with Gasteiger partial charge in [-0.25, -0.2) is 0 Å². The number of halogens is 1. The van der Waals surface area contributed by atoms with E-state index >= 15 is 0 Å². The first kappa shape index (κ1) is 19.9. The second kappa shape index (κ2) is 9.77. The number of hydrogen-bond acceptors (Lipinski definition) is 3. The summed E-state index contributed by atoms with van der Waals surface area (Å²) in [7, 11) is 0. The van der Waals surface area contributed by atoms with Crippen molar-refractivity contribution < 1.29 is 9.53 Å². The van der Waals surface area contributed by atoms with Gasteiger partial charge in [-0.1, -0.05) is 44.2 Å². The highest BCUT2D eigenvalue weighted by Crippen LogP contribution is 2.14. The molecule has 5 heteroatoms. The molecule has 0 saturated carbocycles. The molecule has 1 aromatic carbocycles.